The van der Waals surface area contributed by atoms with Crippen LogP contribution >= 0.6 is 23.4 Å². The molecule has 150 valence electrons. The van der Waals surface area contributed by atoms with E-state index in [1.165, 1.54) is 36.9 Å². The Morgan fingerprint density at radius 1 is 1.14 bits per heavy atom. The maximum Gasteiger partial charge on any atom is 0.387 e. The number of ether oxygens (including phenoxy) is 2. The van der Waals surface area contributed by atoms with E-state index in [1.807, 2.05) is 12.1 Å². The lowest BCUT2D eigenvalue weighted by Gasteiger charge is -2.15. The Balaban J connectivity index is 1.80. The number of esters is 1. The van der Waals surface area contributed by atoms with Gasteiger partial charge in [-0.2, -0.15) is 8.78 Å². The highest BCUT2D eigenvalue weighted by molar-refractivity contribution is 7.99. The lowest BCUT2D eigenvalue weighted by molar-refractivity contribution is -0.152. The number of hydrogen-bond donors (Lipinski definition) is 1. The van der Waals surface area contributed by atoms with E-state index in [1.54, 1.807) is 18.2 Å². The first-order valence-electron chi connectivity index (χ1n) is 8.27. The number of nitrogens with one attached hydrogen (secondary N) is 1. The summed E-state index contributed by atoms with van der Waals surface area (Å²) in [7, 11) is 0. The van der Waals surface area contributed by atoms with Crippen LogP contribution in [0, 0.1) is 0 Å². The molecule has 0 spiro atoms. The van der Waals surface area contributed by atoms with E-state index in [2.05, 4.69) is 10.1 Å². The van der Waals surface area contributed by atoms with Crippen molar-refractivity contribution in [3.63, 3.8) is 0 Å². The lowest BCUT2D eigenvalue weighted by Crippen LogP contribution is -2.30. The minimum absolute atomic E-state index is 0.0639. The fraction of sp³-hybridized carbons (Fsp3) is 0.263. The molecule has 2 aromatic carbocycles. The molecule has 1 unspecified atom stereocenters. The van der Waals surface area contributed by atoms with Gasteiger partial charge in [-0.05, 0) is 43.3 Å². The number of anilines is 1. The van der Waals surface area contributed by atoms with E-state index in [-0.39, 0.29) is 17.9 Å². The molecule has 28 heavy (non-hydrogen) atoms. The van der Waals surface area contributed by atoms with Crippen molar-refractivity contribution in [1.82, 2.24) is 0 Å². The fourth-order valence-electron chi connectivity index (χ4n) is 2.10. The van der Waals surface area contributed by atoms with E-state index in [9.17, 15) is 18.4 Å². The van der Waals surface area contributed by atoms with E-state index in [4.69, 9.17) is 16.3 Å². The first-order chi connectivity index (χ1) is 13.3. The summed E-state index contributed by atoms with van der Waals surface area (Å²) in [6.45, 7) is -1.62. The Kier molecular flexibility index (Phi) is 8.53. The molecule has 5 nitrogen and oxygen atoms in total. The second-order valence-electron chi connectivity index (χ2n) is 5.55. The number of amides is 1. The normalized spacial score (nSPS) is 11.8. The zero-order chi connectivity index (χ0) is 20.5. The smallest absolute Gasteiger partial charge is 0.387 e. The highest BCUT2D eigenvalue weighted by atomic mass is 35.5. The number of rotatable bonds is 9. The number of benzene rings is 2. The Labute approximate surface area is 170 Å². The Morgan fingerprint density at radius 2 is 1.82 bits per heavy atom. The molecular formula is C19H18ClF2NO4S. The van der Waals surface area contributed by atoms with Crippen molar-refractivity contribution >= 4 is 40.9 Å². The second kappa shape index (κ2) is 10.9. The van der Waals surface area contributed by atoms with Crippen molar-refractivity contribution in [2.24, 2.45) is 0 Å². The minimum Gasteiger partial charge on any atom is -0.453 e. The molecule has 1 atom stereocenters. The topological polar surface area (TPSA) is 64.6 Å². The summed E-state index contributed by atoms with van der Waals surface area (Å²) >= 11 is 7.26. The Morgan fingerprint density at radius 3 is 2.50 bits per heavy atom. The van der Waals surface area contributed by atoms with Gasteiger partial charge in [0.1, 0.15) is 5.75 Å². The molecule has 0 heterocycles. The standard InChI is InChI=1S/C19H18ClF2NO4S/c1-12(18(25)23-15-4-2-3-5-16(15)27-19(21)22)26-17(24)10-11-28-14-8-6-13(20)7-9-14/h2-9,12,19H,10-11H2,1H3,(H,23,25). The van der Waals surface area contributed by atoms with Gasteiger partial charge < -0.3 is 14.8 Å². The van der Waals surface area contributed by atoms with Gasteiger partial charge in [0.2, 0.25) is 0 Å². The monoisotopic (exact) mass is 429 g/mol. The van der Waals surface area contributed by atoms with Crippen LogP contribution in [0.25, 0.3) is 0 Å². The van der Waals surface area contributed by atoms with Crippen LogP contribution in [0.5, 0.6) is 5.75 Å². The van der Waals surface area contributed by atoms with Gasteiger partial charge in [0.25, 0.3) is 5.91 Å². The zero-order valence-electron chi connectivity index (χ0n) is 14.9. The second-order valence-corrected chi connectivity index (χ2v) is 7.15. The summed E-state index contributed by atoms with van der Waals surface area (Å²) in [6.07, 6.45) is -0.983. The third-order valence-electron chi connectivity index (χ3n) is 3.43. The molecule has 2 aromatic rings. The third kappa shape index (κ3) is 7.36. The minimum atomic E-state index is -3.02. The highest BCUT2D eigenvalue weighted by Crippen LogP contribution is 2.26. The van der Waals surface area contributed by atoms with Gasteiger partial charge in [0.15, 0.2) is 6.10 Å². The van der Waals surface area contributed by atoms with Crippen LogP contribution in [0.4, 0.5) is 14.5 Å². The van der Waals surface area contributed by atoms with Crippen LogP contribution in [-0.2, 0) is 14.3 Å². The summed E-state index contributed by atoms with van der Waals surface area (Å²) in [6, 6.07) is 12.9. The SMILES string of the molecule is CC(OC(=O)CCSc1ccc(Cl)cc1)C(=O)Nc1ccccc1OC(F)F. The summed E-state index contributed by atoms with van der Waals surface area (Å²) in [5.41, 5.74) is 0.0639. The predicted molar refractivity (Wildman–Crippen MR) is 104 cm³/mol. The molecule has 1 amide bonds. The zero-order valence-corrected chi connectivity index (χ0v) is 16.4. The molecule has 0 saturated carbocycles. The van der Waals surface area contributed by atoms with Crippen molar-refractivity contribution in [1.29, 1.82) is 0 Å². The molecule has 0 aliphatic rings. The van der Waals surface area contributed by atoms with Gasteiger partial charge in [-0.25, -0.2) is 0 Å². The highest BCUT2D eigenvalue weighted by Gasteiger charge is 2.20. The van der Waals surface area contributed by atoms with Crippen LogP contribution < -0.4 is 10.1 Å². The van der Waals surface area contributed by atoms with Gasteiger partial charge in [-0.15, -0.1) is 11.8 Å². The van der Waals surface area contributed by atoms with Crippen molar-refractivity contribution in [2.45, 2.75) is 31.0 Å². The summed E-state index contributed by atoms with van der Waals surface area (Å²) in [5.74, 6) is -0.895. The van der Waals surface area contributed by atoms with Gasteiger partial charge in [-0.1, -0.05) is 23.7 Å². The summed E-state index contributed by atoms with van der Waals surface area (Å²) < 4.78 is 34.3. The summed E-state index contributed by atoms with van der Waals surface area (Å²) in [4.78, 5) is 25.0. The van der Waals surface area contributed by atoms with Crippen molar-refractivity contribution in [2.75, 3.05) is 11.1 Å². The maximum atomic E-state index is 12.4. The number of hydrogen-bond acceptors (Lipinski definition) is 5. The molecule has 0 radical (unpaired) electrons. The molecule has 0 bridgehead atoms. The molecule has 0 aromatic heterocycles. The number of carbonyl (C=O) groups is 2. The van der Waals surface area contributed by atoms with Crippen molar-refractivity contribution < 1.29 is 27.8 Å². The Bertz CT molecular complexity index is 805. The molecule has 0 fully saturated rings. The average molecular weight is 430 g/mol. The Hall–Kier alpha value is -2.32. The predicted octanol–water partition coefficient (Wildman–Crippen LogP) is 4.99. The van der Waals surface area contributed by atoms with Gasteiger partial charge in [0, 0.05) is 15.7 Å². The number of halogens is 3. The first-order valence-corrected chi connectivity index (χ1v) is 9.64. The van der Waals surface area contributed by atoms with Crippen LogP contribution in [0.2, 0.25) is 5.02 Å². The molecule has 2 rings (SSSR count). The lowest BCUT2D eigenvalue weighted by atomic mass is 10.2. The molecular weight excluding hydrogens is 412 g/mol. The van der Waals surface area contributed by atoms with E-state index in [0.29, 0.717) is 10.8 Å². The maximum absolute atomic E-state index is 12.4. The van der Waals surface area contributed by atoms with Crippen LogP contribution in [0.15, 0.2) is 53.4 Å². The van der Waals surface area contributed by atoms with Gasteiger partial charge in [0.05, 0.1) is 12.1 Å². The van der Waals surface area contributed by atoms with Crippen molar-refractivity contribution in [3.05, 3.63) is 53.6 Å². The fourth-order valence-corrected chi connectivity index (χ4v) is 3.05. The third-order valence-corrected chi connectivity index (χ3v) is 4.69. The average Bonchev–Trinajstić information content (AvgIpc) is 2.64. The quantitative estimate of drug-likeness (QED) is 0.449. The molecule has 0 aliphatic heterocycles. The van der Waals surface area contributed by atoms with Crippen LogP contribution in [0.3, 0.4) is 0 Å². The van der Waals surface area contributed by atoms with Crippen LogP contribution in [-0.4, -0.2) is 30.3 Å². The van der Waals surface area contributed by atoms with E-state index >= 15 is 0 Å². The van der Waals surface area contributed by atoms with E-state index < -0.39 is 24.6 Å². The van der Waals surface area contributed by atoms with Gasteiger partial charge in [-0.3, -0.25) is 9.59 Å². The molecule has 0 aliphatic carbocycles. The first kappa shape index (κ1) is 22.0. The van der Waals surface area contributed by atoms with E-state index in [0.717, 1.165) is 4.90 Å². The molecule has 9 heteroatoms. The number of alkyl halides is 2. The number of para-hydroxylation sites is 2. The molecule has 1 N–H and O–H groups in total. The summed E-state index contributed by atoms with van der Waals surface area (Å²) in [5, 5.41) is 3.04. The van der Waals surface area contributed by atoms with Crippen molar-refractivity contribution in [3.8, 4) is 5.75 Å². The largest absolute Gasteiger partial charge is 0.453 e. The molecule has 0 saturated heterocycles. The van der Waals surface area contributed by atoms with Gasteiger partial charge >= 0.3 is 12.6 Å². The van der Waals surface area contributed by atoms with Crippen LogP contribution in [0.1, 0.15) is 13.3 Å². The number of thioether (sulfide) groups is 1. The number of carbonyl (C=O) groups excluding carboxylic acids is 2.